The molecule has 0 saturated carbocycles. The minimum absolute atomic E-state index is 0.0791. The van der Waals surface area contributed by atoms with Crippen LogP contribution >= 0.6 is 0 Å². The van der Waals surface area contributed by atoms with Crippen molar-refractivity contribution < 1.29 is 9.47 Å². The van der Waals surface area contributed by atoms with Crippen LogP contribution in [0.15, 0.2) is 12.2 Å². The van der Waals surface area contributed by atoms with Crippen LogP contribution in [0.4, 0.5) is 0 Å². The Morgan fingerprint density at radius 3 is 2.33 bits per heavy atom. The first-order valence-corrected chi connectivity index (χ1v) is 9.31. The first-order chi connectivity index (χ1) is 10.4. The van der Waals surface area contributed by atoms with Crippen molar-refractivity contribution in [3.8, 4) is 0 Å². The molecule has 0 aromatic heterocycles. The van der Waals surface area contributed by atoms with Crippen molar-refractivity contribution in [2.24, 2.45) is 0 Å². The predicted octanol–water partition coefficient (Wildman–Crippen LogP) is 6.01. The first kappa shape index (κ1) is 18.7. The van der Waals surface area contributed by atoms with E-state index in [0.29, 0.717) is 0 Å². The summed E-state index contributed by atoms with van der Waals surface area (Å²) in [7, 11) is 0. The van der Waals surface area contributed by atoms with E-state index >= 15 is 0 Å². The zero-order chi connectivity index (χ0) is 15.0. The van der Waals surface area contributed by atoms with Crippen LogP contribution in [0.2, 0.25) is 0 Å². The average Bonchev–Trinajstić information content (AvgIpc) is 2.53. The Morgan fingerprint density at radius 1 is 0.905 bits per heavy atom. The first-order valence-electron chi connectivity index (χ1n) is 9.31. The third kappa shape index (κ3) is 11.9. The van der Waals surface area contributed by atoms with E-state index in [0.717, 1.165) is 32.5 Å². The van der Waals surface area contributed by atoms with Gasteiger partial charge >= 0.3 is 0 Å². The van der Waals surface area contributed by atoms with Gasteiger partial charge < -0.3 is 9.47 Å². The highest BCUT2D eigenvalue weighted by Gasteiger charge is 2.12. The van der Waals surface area contributed by atoms with Crippen molar-refractivity contribution in [3.63, 3.8) is 0 Å². The van der Waals surface area contributed by atoms with Gasteiger partial charge in [-0.1, -0.05) is 57.6 Å². The van der Waals surface area contributed by atoms with Crippen LogP contribution in [0.3, 0.4) is 0 Å². The van der Waals surface area contributed by atoms with E-state index in [1.165, 1.54) is 64.2 Å². The smallest absolute Gasteiger partial charge is 0.157 e. The Labute approximate surface area is 132 Å². The lowest BCUT2D eigenvalue weighted by molar-refractivity contribution is -0.162. The van der Waals surface area contributed by atoms with E-state index in [2.05, 4.69) is 19.1 Å². The summed E-state index contributed by atoms with van der Waals surface area (Å²) >= 11 is 0. The average molecular weight is 296 g/mol. The molecule has 0 aliphatic carbocycles. The summed E-state index contributed by atoms with van der Waals surface area (Å²) in [4.78, 5) is 0. The molecule has 21 heavy (non-hydrogen) atoms. The highest BCUT2D eigenvalue weighted by atomic mass is 16.7. The summed E-state index contributed by atoms with van der Waals surface area (Å²) in [5.74, 6) is 0. The van der Waals surface area contributed by atoms with E-state index in [9.17, 15) is 0 Å². The fourth-order valence-electron chi connectivity index (χ4n) is 2.71. The monoisotopic (exact) mass is 296 g/mol. The molecule has 1 aliphatic rings. The fraction of sp³-hybridized carbons (Fsp3) is 0.895. The standard InChI is InChI=1S/C19H36O2/c1-2-3-4-5-6-7-8-9-10-11-12-14-17-20-19-16-13-15-18-21-19/h10-11,19H,2-9,12-18H2,1H3/b11-10-. The van der Waals surface area contributed by atoms with Crippen molar-refractivity contribution in [3.05, 3.63) is 12.2 Å². The summed E-state index contributed by atoms with van der Waals surface area (Å²) in [6.07, 6.45) is 21.6. The second kappa shape index (κ2) is 14.6. The number of hydrogen-bond donors (Lipinski definition) is 0. The summed E-state index contributed by atoms with van der Waals surface area (Å²) in [6, 6.07) is 0. The molecule has 2 nitrogen and oxygen atoms in total. The molecule has 1 unspecified atom stereocenters. The molecule has 0 bridgehead atoms. The molecule has 0 N–H and O–H groups in total. The van der Waals surface area contributed by atoms with Gasteiger partial charge in [-0.3, -0.25) is 0 Å². The lowest BCUT2D eigenvalue weighted by atomic mass is 10.1. The topological polar surface area (TPSA) is 18.5 Å². The lowest BCUT2D eigenvalue weighted by Crippen LogP contribution is -2.22. The van der Waals surface area contributed by atoms with Gasteiger partial charge in [0.25, 0.3) is 0 Å². The summed E-state index contributed by atoms with van der Waals surface area (Å²) in [5, 5.41) is 0. The maximum Gasteiger partial charge on any atom is 0.157 e. The Kier molecular flexibility index (Phi) is 13.0. The number of rotatable bonds is 13. The van der Waals surface area contributed by atoms with Crippen molar-refractivity contribution in [1.29, 1.82) is 0 Å². The molecule has 1 saturated heterocycles. The molecule has 0 aromatic rings. The van der Waals surface area contributed by atoms with Crippen LogP contribution in [0.25, 0.3) is 0 Å². The quantitative estimate of drug-likeness (QED) is 0.306. The van der Waals surface area contributed by atoms with Crippen molar-refractivity contribution >= 4 is 0 Å². The Bertz CT molecular complexity index is 232. The summed E-state index contributed by atoms with van der Waals surface area (Å²) in [5.41, 5.74) is 0. The molecule has 1 fully saturated rings. The van der Waals surface area contributed by atoms with Crippen LogP contribution in [-0.4, -0.2) is 19.5 Å². The largest absolute Gasteiger partial charge is 0.353 e. The van der Waals surface area contributed by atoms with Crippen LogP contribution in [-0.2, 0) is 9.47 Å². The van der Waals surface area contributed by atoms with Crippen LogP contribution in [0.5, 0.6) is 0 Å². The van der Waals surface area contributed by atoms with Crippen LogP contribution < -0.4 is 0 Å². The lowest BCUT2D eigenvalue weighted by Gasteiger charge is -2.22. The molecular weight excluding hydrogens is 260 g/mol. The Balaban J connectivity index is 1.76. The molecule has 1 heterocycles. The zero-order valence-electron chi connectivity index (χ0n) is 14.2. The minimum Gasteiger partial charge on any atom is -0.353 e. The highest BCUT2D eigenvalue weighted by Crippen LogP contribution is 2.14. The van der Waals surface area contributed by atoms with Gasteiger partial charge in [-0.05, 0) is 44.9 Å². The van der Waals surface area contributed by atoms with Gasteiger partial charge in [-0.2, -0.15) is 0 Å². The molecule has 2 heteroatoms. The molecule has 1 atom stereocenters. The number of ether oxygens (including phenoxy) is 2. The summed E-state index contributed by atoms with van der Waals surface area (Å²) < 4.78 is 11.3. The minimum atomic E-state index is 0.0791. The van der Waals surface area contributed by atoms with Crippen LogP contribution in [0, 0.1) is 0 Å². The van der Waals surface area contributed by atoms with Gasteiger partial charge in [0, 0.05) is 6.61 Å². The maximum atomic E-state index is 5.72. The van der Waals surface area contributed by atoms with Gasteiger partial charge in [0.15, 0.2) is 6.29 Å². The van der Waals surface area contributed by atoms with E-state index in [4.69, 9.17) is 9.47 Å². The Hall–Kier alpha value is -0.340. The zero-order valence-corrected chi connectivity index (χ0v) is 14.2. The second-order valence-electron chi connectivity index (χ2n) is 6.19. The number of unbranched alkanes of at least 4 members (excludes halogenated alkanes) is 8. The molecular formula is C19H36O2. The molecule has 1 aliphatic heterocycles. The van der Waals surface area contributed by atoms with Crippen LogP contribution in [0.1, 0.15) is 90.4 Å². The normalized spacial score (nSPS) is 19.4. The third-order valence-corrected chi connectivity index (χ3v) is 4.10. The number of allylic oxidation sites excluding steroid dienone is 2. The third-order valence-electron chi connectivity index (χ3n) is 4.10. The molecule has 124 valence electrons. The van der Waals surface area contributed by atoms with Gasteiger partial charge in [-0.15, -0.1) is 0 Å². The van der Waals surface area contributed by atoms with E-state index < -0.39 is 0 Å². The second-order valence-corrected chi connectivity index (χ2v) is 6.19. The fourth-order valence-corrected chi connectivity index (χ4v) is 2.71. The summed E-state index contributed by atoms with van der Waals surface area (Å²) in [6.45, 7) is 3.99. The molecule has 0 spiro atoms. The molecule has 0 aromatic carbocycles. The van der Waals surface area contributed by atoms with Gasteiger partial charge in [0.05, 0.1) is 6.61 Å². The molecule has 0 amide bonds. The van der Waals surface area contributed by atoms with Gasteiger partial charge in [0.1, 0.15) is 0 Å². The molecule has 1 rings (SSSR count). The van der Waals surface area contributed by atoms with E-state index in [1.807, 2.05) is 0 Å². The SMILES string of the molecule is CCCCCCCCC/C=C\CCCOC1CCCCO1. The van der Waals surface area contributed by atoms with Crippen molar-refractivity contribution in [2.45, 2.75) is 96.7 Å². The molecule has 0 radical (unpaired) electrons. The maximum absolute atomic E-state index is 5.72. The number of hydrogen-bond acceptors (Lipinski definition) is 2. The van der Waals surface area contributed by atoms with Crippen molar-refractivity contribution in [1.82, 2.24) is 0 Å². The van der Waals surface area contributed by atoms with Gasteiger partial charge in [0.2, 0.25) is 0 Å². The highest BCUT2D eigenvalue weighted by molar-refractivity contribution is 4.81. The Morgan fingerprint density at radius 2 is 1.62 bits per heavy atom. The van der Waals surface area contributed by atoms with E-state index in [-0.39, 0.29) is 6.29 Å². The van der Waals surface area contributed by atoms with Crippen molar-refractivity contribution in [2.75, 3.05) is 13.2 Å². The van der Waals surface area contributed by atoms with Gasteiger partial charge in [-0.25, -0.2) is 0 Å². The van der Waals surface area contributed by atoms with E-state index in [1.54, 1.807) is 0 Å². The predicted molar refractivity (Wildman–Crippen MR) is 90.5 cm³/mol.